The van der Waals surface area contributed by atoms with E-state index < -0.39 is 11.5 Å². The van der Waals surface area contributed by atoms with Crippen LogP contribution in [0, 0.1) is 12.7 Å². The fourth-order valence-electron chi connectivity index (χ4n) is 8.67. The first-order valence-corrected chi connectivity index (χ1v) is 17.3. The third kappa shape index (κ3) is 4.88. The summed E-state index contributed by atoms with van der Waals surface area (Å²) >= 11 is 0. The molecule has 8 nitrogen and oxygen atoms in total. The lowest BCUT2D eigenvalue weighted by Gasteiger charge is -2.49. The van der Waals surface area contributed by atoms with E-state index in [1.165, 1.54) is 11.6 Å². The van der Waals surface area contributed by atoms with Gasteiger partial charge in [0.05, 0.1) is 40.5 Å². The van der Waals surface area contributed by atoms with Gasteiger partial charge in [0.2, 0.25) is 5.91 Å². The molecule has 2 unspecified atom stereocenters. The van der Waals surface area contributed by atoms with Crippen LogP contribution in [0.2, 0.25) is 0 Å². The summed E-state index contributed by atoms with van der Waals surface area (Å²) in [5.74, 6) is -1.14. The van der Waals surface area contributed by atoms with Crippen molar-refractivity contribution in [1.29, 1.82) is 0 Å². The van der Waals surface area contributed by atoms with Crippen LogP contribution in [0.1, 0.15) is 103 Å². The molecule has 2 aliphatic carbocycles. The number of ether oxygens (including phenoxy) is 2. The molecule has 0 spiro atoms. The molecule has 1 amide bonds. The van der Waals surface area contributed by atoms with Crippen molar-refractivity contribution in [3.63, 3.8) is 0 Å². The Balaban J connectivity index is 1.14. The third-order valence-electron chi connectivity index (χ3n) is 11.4. The number of rotatable bonds is 9. The highest BCUT2D eigenvalue weighted by molar-refractivity contribution is 5.93. The maximum absolute atomic E-state index is 15.4. The number of aromatic nitrogens is 2. The van der Waals surface area contributed by atoms with Gasteiger partial charge in [-0.05, 0) is 92.2 Å². The number of hydrogen-bond donors (Lipinski definition) is 1. The van der Waals surface area contributed by atoms with Gasteiger partial charge in [-0.3, -0.25) is 14.4 Å². The normalized spacial score (nSPS) is 20.0. The summed E-state index contributed by atoms with van der Waals surface area (Å²) in [5, 5.41) is 3.97. The van der Waals surface area contributed by atoms with Gasteiger partial charge >= 0.3 is 5.97 Å². The zero-order valence-corrected chi connectivity index (χ0v) is 27.5. The predicted molar refractivity (Wildman–Crippen MR) is 179 cm³/mol. The number of amides is 1. The van der Waals surface area contributed by atoms with Crippen LogP contribution < -0.4 is 10.9 Å². The van der Waals surface area contributed by atoms with Crippen molar-refractivity contribution in [3.8, 4) is 11.4 Å². The van der Waals surface area contributed by atoms with Crippen molar-refractivity contribution in [3.05, 3.63) is 97.6 Å². The summed E-state index contributed by atoms with van der Waals surface area (Å²) in [5.41, 5.74) is 7.40. The van der Waals surface area contributed by atoms with Crippen molar-refractivity contribution < 1.29 is 23.5 Å². The Morgan fingerprint density at radius 2 is 1.96 bits per heavy atom. The van der Waals surface area contributed by atoms with Gasteiger partial charge in [-0.25, -0.2) is 9.37 Å². The number of nitrogens with zero attached hydrogens (tertiary/aromatic N) is 2. The van der Waals surface area contributed by atoms with Gasteiger partial charge in [-0.2, -0.15) is 0 Å². The molecule has 0 bridgehead atoms. The van der Waals surface area contributed by atoms with E-state index in [0.29, 0.717) is 59.4 Å². The quantitative estimate of drug-likeness (QED) is 0.145. The lowest BCUT2D eigenvalue weighted by molar-refractivity contribution is -0.148. The standard InChI is InChI=1S/C39H40FN3O5/c1-3-24-26-17-32-36-27(19-43(32)37(45)28(26)20-47-38(24)46)34-29(14-13-25-22(2)30(40)18-31(42-36)35(25)34)39(15-8-16-39)48-21-41-33(44)12-7-11-23-9-5-4-6-10-23/h4-6,9-10,17-18,24,29H,3,7-8,11-16,19-21H2,1-2H3,(H,41,44). The first-order chi connectivity index (χ1) is 23.3. The number of esters is 1. The molecule has 248 valence electrons. The molecule has 9 heteroatoms. The molecule has 2 aromatic heterocycles. The highest BCUT2D eigenvalue weighted by atomic mass is 19.1. The minimum Gasteiger partial charge on any atom is -0.460 e. The second-order valence-corrected chi connectivity index (χ2v) is 13.9. The number of carbonyl (C=O) groups excluding carboxylic acids is 2. The van der Waals surface area contributed by atoms with E-state index in [2.05, 4.69) is 17.4 Å². The second-order valence-electron chi connectivity index (χ2n) is 13.9. The number of carbonyl (C=O) groups is 2. The monoisotopic (exact) mass is 649 g/mol. The van der Waals surface area contributed by atoms with Gasteiger partial charge in [0.15, 0.2) is 0 Å². The first-order valence-electron chi connectivity index (χ1n) is 17.3. The highest BCUT2D eigenvalue weighted by Crippen LogP contribution is 2.55. The third-order valence-corrected chi connectivity index (χ3v) is 11.4. The molecule has 1 N–H and O–H groups in total. The lowest BCUT2D eigenvalue weighted by Crippen LogP contribution is -2.49. The Kier molecular flexibility index (Phi) is 7.70. The molecule has 2 atom stereocenters. The average molecular weight is 650 g/mol. The number of benzene rings is 2. The van der Waals surface area contributed by atoms with Crippen molar-refractivity contribution in [2.45, 2.75) is 102 Å². The van der Waals surface area contributed by atoms with Crippen LogP contribution in [0.4, 0.5) is 4.39 Å². The molecule has 0 saturated heterocycles. The first kappa shape index (κ1) is 30.9. The SMILES string of the molecule is CCC1C(=O)OCc2c1cc1n(c2=O)Cc2c-1nc1cc(F)c(C)c3c1c2C(C1(OCNC(=O)CCCc2ccccc2)CCC1)CC3. The Hall–Kier alpha value is -4.37. The molecular formula is C39H40FN3O5. The van der Waals surface area contributed by atoms with Crippen LogP contribution in [0.3, 0.4) is 0 Å². The van der Waals surface area contributed by atoms with Crippen LogP contribution in [-0.2, 0) is 45.1 Å². The second kappa shape index (κ2) is 11.9. The molecule has 2 aromatic carbocycles. The minimum atomic E-state index is -0.505. The fourth-order valence-corrected chi connectivity index (χ4v) is 8.67. The summed E-state index contributed by atoms with van der Waals surface area (Å²) < 4.78 is 29.2. The van der Waals surface area contributed by atoms with E-state index in [4.69, 9.17) is 14.5 Å². The molecule has 48 heavy (non-hydrogen) atoms. The van der Waals surface area contributed by atoms with Crippen LogP contribution in [-0.4, -0.2) is 33.8 Å². The lowest BCUT2D eigenvalue weighted by atomic mass is 9.63. The largest absolute Gasteiger partial charge is 0.460 e. The van der Waals surface area contributed by atoms with Gasteiger partial charge in [0.1, 0.15) is 19.2 Å². The number of halogens is 1. The number of nitrogens with one attached hydrogen (secondary N) is 1. The zero-order valence-electron chi connectivity index (χ0n) is 27.5. The number of pyridine rings is 2. The molecule has 4 aliphatic rings. The predicted octanol–water partition coefficient (Wildman–Crippen LogP) is 6.49. The smallest absolute Gasteiger partial charge is 0.313 e. The van der Waals surface area contributed by atoms with Gasteiger partial charge in [-0.15, -0.1) is 0 Å². The summed E-state index contributed by atoms with van der Waals surface area (Å²) in [6.07, 6.45) is 6.77. The van der Waals surface area contributed by atoms with Gasteiger partial charge in [0.25, 0.3) is 5.56 Å². The van der Waals surface area contributed by atoms with E-state index in [1.807, 2.05) is 38.1 Å². The van der Waals surface area contributed by atoms with Crippen LogP contribution >= 0.6 is 0 Å². The van der Waals surface area contributed by atoms with Crippen molar-refractivity contribution in [2.75, 3.05) is 6.73 Å². The van der Waals surface area contributed by atoms with E-state index in [9.17, 15) is 14.4 Å². The number of hydrogen-bond acceptors (Lipinski definition) is 6. The van der Waals surface area contributed by atoms with E-state index in [0.717, 1.165) is 60.6 Å². The maximum atomic E-state index is 15.4. The topological polar surface area (TPSA) is 99.5 Å². The number of aryl methyl sites for hydroxylation is 2. The molecule has 4 heterocycles. The van der Waals surface area contributed by atoms with Crippen molar-refractivity contribution in [1.82, 2.24) is 14.9 Å². The number of fused-ring (bicyclic) bond motifs is 5. The van der Waals surface area contributed by atoms with Crippen molar-refractivity contribution >= 4 is 22.8 Å². The maximum Gasteiger partial charge on any atom is 0.313 e. The highest BCUT2D eigenvalue weighted by Gasteiger charge is 2.49. The summed E-state index contributed by atoms with van der Waals surface area (Å²) in [6.45, 7) is 4.19. The summed E-state index contributed by atoms with van der Waals surface area (Å²) in [4.78, 5) is 44.4. The Bertz CT molecular complexity index is 2030. The van der Waals surface area contributed by atoms with Crippen molar-refractivity contribution in [2.24, 2.45) is 0 Å². The number of cyclic esters (lactones) is 1. The van der Waals surface area contributed by atoms with E-state index >= 15 is 4.39 Å². The Morgan fingerprint density at radius 1 is 1.15 bits per heavy atom. The Labute approximate surface area is 278 Å². The van der Waals surface area contributed by atoms with Crippen LogP contribution in [0.25, 0.3) is 22.3 Å². The molecule has 1 fully saturated rings. The molecule has 2 aliphatic heterocycles. The van der Waals surface area contributed by atoms with Gasteiger partial charge in [-0.1, -0.05) is 37.3 Å². The van der Waals surface area contributed by atoms with E-state index in [-0.39, 0.29) is 42.5 Å². The fraction of sp³-hybridized carbons (Fsp3) is 0.436. The molecule has 0 radical (unpaired) electrons. The molecule has 8 rings (SSSR count). The van der Waals surface area contributed by atoms with Gasteiger partial charge < -0.3 is 19.4 Å². The molecule has 4 aromatic rings. The summed E-state index contributed by atoms with van der Waals surface area (Å²) in [7, 11) is 0. The van der Waals surface area contributed by atoms with E-state index in [1.54, 1.807) is 4.57 Å². The minimum absolute atomic E-state index is 0.00853. The Morgan fingerprint density at radius 3 is 2.71 bits per heavy atom. The van der Waals surface area contributed by atoms with Gasteiger partial charge in [0, 0.05) is 29.4 Å². The summed E-state index contributed by atoms with van der Waals surface area (Å²) in [6, 6.07) is 13.6. The van der Waals surface area contributed by atoms with Crippen LogP contribution in [0.15, 0.2) is 47.3 Å². The van der Waals surface area contributed by atoms with Crippen LogP contribution in [0.5, 0.6) is 0 Å². The molecule has 1 saturated carbocycles. The zero-order chi connectivity index (χ0) is 33.2. The average Bonchev–Trinajstić information content (AvgIpc) is 3.44. The molecular weight excluding hydrogens is 609 g/mol.